The SMILES string of the molecule is CC.COc1cc(C)cc(OC)c1C. The molecular weight excluding hydrogens is 176 g/mol. The Kier molecular flexibility index (Phi) is 5.77. The van der Waals surface area contributed by atoms with Gasteiger partial charge in [-0.25, -0.2) is 0 Å². The summed E-state index contributed by atoms with van der Waals surface area (Å²) in [6, 6.07) is 4.00. The molecule has 0 atom stereocenters. The highest BCUT2D eigenvalue weighted by atomic mass is 16.5. The predicted molar refractivity (Wildman–Crippen MR) is 60.4 cm³/mol. The minimum atomic E-state index is 0.881. The molecule has 0 saturated carbocycles. The molecule has 1 rings (SSSR count). The van der Waals surface area contributed by atoms with Gasteiger partial charge in [-0.05, 0) is 31.5 Å². The molecular formula is C12H20O2. The fourth-order valence-corrected chi connectivity index (χ4v) is 1.22. The highest BCUT2D eigenvalue weighted by Crippen LogP contribution is 2.28. The van der Waals surface area contributed by atoms with Gasteiger partial charge in [0.15, 0.2) is 0 Å². The van der Waals surface area contributed by atoms with Crippen molar-refractivity contribution in [1.29, 1.82) is 0 Å². The molecule has 1 aromatic rings. The summed E-state index contributed by atoms with van der Waals surface area (Å²) in [7, 11) is 3.34. The number of hydrogen-bond donors (Lipinski definition) is 0. The van der Waals surface area contributed by atoms with Crippen molar-refractivity contribution in [3.8, 4) is 11.5 Å². The van der Waals surface area contributed by atoms with Crippen LogP contribution in [0.1, 0.15) is 25.0 Å². The molecule has 0 radical (unpaired) electrons. The third-order valence-corrected chi connectivity index (χ3v) is 1.90. The Morgan fingerprint density at radius 1 is 0.857 bits per heavy atom. The molecule has 0 aliphatic carbocycles. The number of ether oxygens (including phenoxy) is 2. The third kappa shape index (κ3) is 2.95. The van der Waals surface area contributed by atoms with E-state index >= 15 is 0 Å². The number of aryl methyl sites for hydroxylation is 1. The van der Waals surface area contributed by atoms with Crippen LogP contribution in [0.3, 0.4) is 0 Å². The smallest absolute Gasteiger partial charge is 0.125 e. The van der Waals surface area contributed by atoms with Gasteiger partial charge in [-0.2, -0.15) is 0 Å². The van der Waals surface area contributed by atoms with Crippen LogP contribution in [0.2, 0.25) is 0 Å². The van der Waals surface area contributed by atoms with E-state index in [4.69, 9.17) is 9.47 Å². The Labute approximate surface area is 86.9 Å². The zero-order chi connectivity index (χ0) is 11.1. The maximum Gasteiger partial charge on any atom is 0.125 e. The first-order valence-corrected chi connectivity index (χ1v) is 4.88. The van der Waals surface area contributed by atoms with Crippen molar-refractivity contribution in [1.82, 2.24) is 0 Å². The largest absolute Gasteiger partial charge is 0.496 e. The van der Waals surface area contributed by atoms with E-state index in [9.17, 15) is 0 Å². The zero-order valence-corrected chi connectivity index (χ0v) is 9.97. The van der Waals surface area contributed by atoms with E-state index in [-0.39, 0.29) is 0 Å². The predicted octanol–water partition coefficient (Wildman–Crippen LogP) is 3.35. The van der Waals surface area contributed by atoms with Gasteiger partial charge in [0, 0.05) is 5.56 Å². The Morgan fingerprint density at radius 2 is 1.21 bits per heavy atom. The van der Waals surface area contributed by atoms with Crippen LogP contribution >= 0.6 is 0 Å². The number of rotatable bonds is 2. The van der Waals surface area contributed by atoms with Gasteiger partial charge in [0.25, 0.3) is 0 Å². The van der Waals surface area contributed by atoms with Crippen molar-refractivity contribution in [3.05, 3.63) is 23.3 Å². The van der Waals surface area contributed by atoms with Crippen LogP contribution in [0.25, 0.3) is 0 Å². The molecule has 0 spiro atoms. The first kappa shape index (κ1) is 12.8. The highest BCUT2D eigenvalue weighted by molar-refractivity contribution is 5.46. The van der Waals surface area contributed by atoms with Gasteiger partial charge >= 0.3 is 0 Å². The zero-order valence-electron chi connectivity index (χ0n) is 9.97. The molecule has 0 aliphatic rings. The summed E-state index contributed by atoms with van der Waals surface area (Å²) in [6.07, 6.45) is 0. The van der Waals surface area contributed by atoms with E-state index in [2.05, 4.69) is 0 Å². The standard InChI is InChI=1S/C10H14O2.C2H6/c1-7-5-9(11-3)8(2)10(6-7)12-4;1-2/h5-6H,1-4H3;1-2H3. The first-order chi connectivity index (χ1) is 6.69. The Balaban J connectivity index is 0.000000791. The van der Waals surface area contributed by atoms with E-state index < -0.39 is 0 Å². The number of hydrogen-bond acceptors (Lipinski definition) is 2. The first-order valence-electron chi connectivity index (χ1n) is 4.88. The van der Waals surface area contributed by atoms with Crippen molar-refractivity contribution in [3.63, 3.8) is 0 Å². The Hall–Kier alpha value is -1.18. The van der Waals surface area contributed by atoms with Crippen molar-refractivity contribution in [2.45, 2.75) is 27.7 Å². The molecule has 0 amide bonds. The van der Waals surface area contributed by atoms with Gasteiger partial charge in [0.2, 0.25) is 0 Å². The molecule has 1 aromatic carbocycles. The summed E-state index contributed by atoms with van der Waals surface area (Å²) in [5.41, 5.74) is 2.19. The van der Waals surface area contributed by atoms with Crippen LogP contribution in [-0.4, -0.2) is 14.2 Å². The van der Waals surface area contributed by atoms with E-state index in [1.165, 1.54) is 0 Å². The van der Waals surface area contributed by atoms with Crippen LogP contribution in [-0.2, 0) is 0 Å². The second-order valence-electron chi connectivity index (χ2n) is 2.79. The van der Waals surface area contributed by atoms with Crippen molar-refractivity contribution in [2.75, 3.05) is 14.2 Å². The molecule has 0 aliphatic heterocycles. The molecule has 2 heteroatoms. The third-order valence-electron chi connectivity index (χ3n) is 1.90. The lowest BCUT2D eigenvalue weighted by molar-refractivity contribution is 0.388. The molecule has 14 heavy (non-hydrogen) atoms. The van der Waals surface area contributed by atoms with Crippen molar-refractivity contribution in [2.24, 2.45) is 0 Å². The summed E-state index contributed by atoms with van der Waals surface area (Å²) in [5, 5.41) is 0. The molecule has 0 aromatic heterocycles. The average molecular weight is 196 g/mol. The highest BCUT2D eigenvalue weighted by Gasteiger charge is 2.05. The molecule has 0 unspecified atom stereocenters. The van der Waals surface area contributed by atoms with E-state index in [1.54, 1.807) is 14.2 Å². The molecule has 80 valence electrons. The van der Waals surface area contributed by atoms with E-state index in [0.717, 1.165) is 22.6 Å². The molecule has 0 bridgehead atoms. The molecule has 0 N–H and O–H groups in total. The molecule has 2 nitrogen and oxygen atoms in total. The second kappa shape index (κ2) is 6.30. The maximum absolute atomic E-state index is 5.19. The maximum atomic E-state index is 5.19. The molecule has 0 heterocycles. The lowest BCUT2D eigenvalue weighted by Gasteiger charge is -2.10. The van der Waals surface area contributed by atoms with Crippen LogP contribution < -0.4 is 9.47 Å². The molecule has 0 fully saturated rings. The minimum absolute atomic E-state index is 0.881. The lowest BCUT2D eigenvalue weighted by Crippen LogP contribution is -1.93. The second-order valence-corrected chi connectivity index (χ2v) is 2.79. The van der Waals surface area contributed by atoms with Crippen molar-refractivity contribution < 1.29 is 9.47 Å². The monoisotopic (exact) mass is 196 g/mol. The summed E-state index contributed by atoms with van der Waals surface area (Å²) < 4.78 is 10.4. The van der Waals surface area contributed by atoms with Gasteiger partial charge in [-0.1, -0.05) is 13.8 Å². The van der Waals surface area contributed by atoms with Crippen molar-refractivity contribution >= 4 is 0 Å². The molecule has 0 saturated heterocycles. The Bertz CT molecular complexity index is 255. The van der Waals surface area contributed by atoms with E-state index in [1.807, 2.05) is 39.8 Å². The van der Waals surface area contributed by atoms with Crippen LogP contribution in [0.5, 0.6) is 11.5 Å². The summed E-state index contributed by atoms with van der Waals surface area (Å²) in [4.78, 5) is 0. The fraction of sp³-hybridized carbons (Fsp3) is 0.500. The van der Waals surface area contributed by atoms with Crippen LogP contribution in [0, 0.1) is 13.8 Å². The van der Waals surface area contributed by atoms with Crippen LogP contribution in [0.4, 0.5) is 0 Å². The summed E-state index contributed by atoms with van der Waals surface area (Å²) >= 11 is 0. The van der Waals surface area contributed by atoms with Gasteiger partial charge in [0.05, 0.1) is 14.2 Å². The average Bonchev–Trinajstić information content (AvgIpc) is 2.23. The van der Waals surface area contributed by atoms with Gasteiger partial charge in [-0.3, -0.25) is 0 Å². The topological polar surface area (TPSA) is 18.5 Å². The van der Waals surface area contributed by atoms with Gasteiger partial charge in [-0.15, -0.1) is 0 Å². The van der Waals surface area contributed by atoms with Gasteiger partial charge < -0.3 is 9.47 Å². The number of methoxy groups -OCH3 is 2. The Morgan fingerprint density at radius 3 is 1.50 bits per heavy atom. The summed E-state index contributed by atoms with van der Waals surface area (Å²) in [6.45, 7) is 8.00. The van der Waals surface area contributed by atoms with Crippen LogP contribution in [0.15, 0.2) is 12.1 Å². The normalized spacial score (nSPS) is 8.71. The van der Waals surface area contributed by atoms with Gasteiger partial charge in [0.1, 0.15) is 11.5 Å². The quantitative estimate of drug-likeness (QED) is 0.722. The number of benzene rings is 1. The minimum Gasteiger partial charge on any atom is -0.496 e. The fourth-order valence-electron chi connectivity index (χ4n) is 1.22. The van der Waals surface area contributed by atoms with E-state index in [0.29, 0.717) is 0 Å². The summed E-state index contributed by atoms with van der Waals surface area (Å²) in [5.74, 6) is 1.76. The lowest BCUT2D eigenvalue weighted by atomic mass is 10.1.